The Hall–Kier alpha value is -5.19. The van der Waals surface area contributed by atoms with Crippen LogP contribution in [0.4, 0.5) is 16.2 Å². The summed E-state index contributed by atoms with van der Waals surface area (Å²) in [7, 11) is 1.78. The lowest BCUT2D eigenvalue weighted by molar-refractivity contribution is -0.116. The molecule has 1 aliphatic heterocycles. The Morgan fingerprint density at radius 2 is 1.60 bits per heavy atom. The van der Waals surface area contributed by atoms with Gasteiger partial charge in [0.25, 0.3) is 5.91 Å². The first-order chi connectivity index (χ1) is 23.3. The maximum atomic E-state index is 13.2. The van der Waals surface area contributed by atoms with Gasteiger partial charge in [0.2, 0.25) is 5.91 Å². The van der Waals surface area contributed by atoms with Crippen LogP contribution in [0, 0.1) is 0 Å². The molecule has 1 heterocycles. The number of phenolic OH excluding ortho intramolecular Hbond substituents is 1. The van der Waals surface area contributed by atoms with E-state index in [0.717, 1.165) is 42.6 Å². The number of nitrogens with zero attached hydrogens (tertiary/aromatic N) is 2. The van der Waals surface area contributed by atoms with Crippen molar-refractivity contribution in [3.63, 3.8) is 0 Å². The van der Waals surface area contributed by atoms with Crippen molar-refractivity contribution in [2.75, 3.05) is 50.4 Å². The Morgan fingerprint density at radius 3 is 2.38 bits per heavy atom. The van der Waals surface area contributed by atoms with Crippen molar-refractivity contribution in [3.8, 4) is 16.9 Å². The number of ether oxygens (including phenoxy) is 1. The summed E-state index contributed by atoms with van der Waals surface area (Å²) in [5.74, 6) is -0.0435. The Balaban J connectivity index is 1.00. The van der Waals surface area contributed by atoms with Gasteiger partial charge in [0.05, 0.1) is 5.69 Å². The molecule has 0 unspecified atom stereocenters. The smallest absolute Gasteiger partial charge is 0.411 e. The molecule has 4 aromatic rings. The number of likely N-dealkylation sites (N-methyl/N-ethyl adjacent to an activating group) is 1. The van der Waals surface area contributed by atoms with E-state index < -0.39 is 6.09 Å². The van der Waals surface area contributed by atoms with Crippen LogP contribution < -0.4 is 16.0 Å². The summed E-state index contributed by atoms with van der Waals surface area (Å²) in [5, 5.41) is 18.4. The number of anilines is 2. The highest BCUT2D eigenvalue weighted by atomic mass is 16.6. The van der Waals surface area contributed by atoms with E-state index in [1.165, 1.54) is 0 Å². The van der Waals surface area contributed by atoms with Crippen molar-refractivity contribution in [1.82, 2.24) is 15.1 Å². The number of nitrogens with one attached hydrogen (secondary N) is 3. The third-order valence-corrected chi connectivity index (χ3v) is 8.34. The fraction of sp³-hybridized carbons (Fsp3) is 0.289. The Morgan fingerprint density at radius 1 is 0.875 bits per heavy atom. The van der Waals surface area contributed by atoms with Gasteiger partial charge < -0.3 is 30.3 Å². The third kappa shape index (κ3) is 10.2. The van der Waals surface area contributed by atoms with Crippen molar-refractivity contribution >= 4 is 29.3 Å². The molecule has 5 rings (SSSR count). The minimum atomic E-state index is -0.456. The average Bonchev–Trinajstić information content (AvgIpc) is 3.11. The summed E-state index contributed by atoms with van der Waals surface area (Å²) in [6.07, 6.45) is 1.10. The minimum Gasteiger partial charge on any atom is -0.508 e. The number of carbonyl (C=O) groups is 3. The van der Waals surface area contributed by atoms with E-state index in [0.29, 0.717) is 43.1 Å². The molecule has 0 aromatic heterocycles. The monoisotopic (exact) mass is 649 g/mol. The van der Waals surface area contributed by atoms with Crippen LogP contribution in [-0.2, 0) is 16.1 Å². The van der Waals surface area contributed by atoms with Crippen molar-refractivity contribution < 1.29 is 24.2 Å². The van der Waals surface area contributed by atoms with Gasteiger partial charge in [0.15, 0.2) is 0 Å². The van der Waals surface area contributed by atoms with Crippen molar-refractivity contribution in [2.45, 2.75) is 31.9 Å². The van der Waals surface area contributed by atoms with Crippen LogP contribution >= 0.6 is 0 Å². The second-order valence-corrected chi connectivity index (χ2v) is 11.9. The van der Waals surface area contributed by atoms with E-state index in [1.807, 2.05) is 66.7 Å². The first-order valence-electron chi connectivity index (χ1n) is 16.3. The molecule has 0 bridgehead atoms. The van der Waals surface area contributed by atoms with Crippen LogP contribution in [0.25, 0.3) is 11.1 Å². The number of hydrogen-bond acceptors (Lipinski definition) is 7. The molecule has 10 nitrogen and oxygen atoms in total. The lowest BCUT2D eigenvalue weighted by Crippen LogP contribution is -2.42. The molecule has 10 heteroatoms. The summed E-state index contributed by atoms with van der Waals surface area (Å²) in [6, 6.07) is 31.5. The maximum Gasteiger partial charge on any atom is 0.411 e. The van der Waals surface area contributed by atoms with Gasteiger partial charge in [-0.05, 0) is 60.4 Å². The van der Waals surface area contributed by atoms with Crippen LogP contribution in [0.5, 0.6) is 5.75 Å². The lowest BCUT2D eigenvalue weighted by Gasteiger charge is -2.32. The number of hydrogen-bond donors (Lipinski definition) is 4. The van der Waals surface area contributed by atoms with E-state index >= 15 is 0 Å². The highest BCUT2D eigenvalue weighted by molar-refractivity contribution is 5.97. The number of carbonyl (C=O) groups excluding carboxylic acids is 3. The Bertz CT molecular complexity index is 1660. The first kappa shape index (κ1) is 34.2. The van der Waals surface area contributed by atoms with Gasteiger partial charge in [-0.15, -0.1) is 0 Å². The van der Waals surface area contributed by atoms with Crippen molar-refractivity contribution in [1.29, 1.82) is 0 Å². The molecule has 4 N–H and O–H groups in total. The molecule has 1 aliphatic rings. The van der Waals surface area contributed by atoms with Gasteiger partial charge >= 0.3 is 6.09 Å². The van der Waals surface area contributed by atoms with E-state index in [-0.39, 0.29) is 30.1 Å². The number of para-hydroxylation sites is 1. The molecule has 0 aliphatic carbocycles. The number of piperidine rings is 1. The minimum absolute atomic E-state index is 0.118. The number of benzene rings is 4. The molecule has 0 atom stereocenters. The van der Waals surface area contributed by atoms with E-state index in [4.69, 9.17) is 4.74 Å². The van der Waals surface area contributed by atoms with Crippen LogP contribution in [0.2, 0.25) is 0 Å². The van der Waals surface area contributed by atoms with Gasteiger partial charge in [-0.2, -0.15) is 0 Å². The van der Waals surface area contributed by atoms with Gasteiger partial charge in [-0.25, -0.2) is 4.79 Å². The molecule has 250 valence electrons. The fourth-order valence-electron chi connectivity index (χ4n) is 5.62. The largest absolute Gasteiger partial charge is 0.508 e. The van der Waals surface area contributed by atoms with Gasteiger partial charge in [0, 0.05) is 69.6 Å². The zero-order valence-corrected chi connectivity index (χ0v) is 27.2. The van der Waals surface area contributed by atoms with Crippen molar-refractivity contribution in [2.24, 2.45) is 0 Å². The molecule has 48 heavy (non-hydrogen) atoms. The van der Waals surface area contributed by atoms with Gasteiger partial charge in [0.1, 0.15) is 11.9 Å². The SMILES string of the molecule is CN(CCN1CCC(OC(=O)Nc2ccccc2-c2ccccc2)CC1)C(=O)c1cccc(NC(=O)CCNCc2ccc(O)cc2)c1. The zero-order chi connectivity index (χ0) is 33.7. The fourth-order valence-corrected chi connectivity index (χ4v) is 5.62. The number of rotatable bonds is 13. The highest BCUT2D eigenvalue weighted by Crippen LogP contribution is 2.28. The summed E-state index contributed by atoms with van der Waals surface area (Å²) < 4.78 is 5.76. The predicted octanol–water partition coefficient (Wildman–Crippen LogP) is 5.96. The highest BCUT2D eigenvalue weighted by Gasteiger charge is 2.23. The molecule has 1 fully saturated rings. The van der Waals surface area contributed by atoms with Crippen LogP contribution in [0.1, 0.15) is 35.2 Å². The molecule has 0 saturated carbocycles. The summed E-state index contributed by atoms with van der Waals surface area (Å²) >= 11 is 0. The average molecular weight is 650 g/mol. The Kier molecular flexibility index (Phi) is 12.2. The molecule has 0 spiro atoms. The summed E-state index contributed by atoms with van der Waals surface area (Å²) in [4.78, 5) is 42.4. The third-order valence-electron chi connectivity index (χ3n) is 8.34. The number of phenols is 1. The quantitative estimate of drug-likeness (QED) is 0.132. The molecule has 1 saturated heterocycles. The number of likely N-dealkylation sites (tertiary alicyclic amines) is 1. The normalized spacial score (nSPS) is 13.4. The first-order valence-corrected chi connectivity index (χ1v) is 16.3. The van der Waals surface area contributed by atoms with Gasteiger partial charge in [-0.3, -0.25) is 14.9 Å². The topological polar surface area (TPSA) is 123 Å². The lowest BCUT2D eigenvalue weighted by atomic mass is 10.0. The van der Waals surface area contributed by atoms with Crippen molar-refractivity contribution in [3.05, 3.63) is 114 Å². The molecule has 4 aromatic carbocycles. The standard InChI is InChI=1S/C38H43N5O5/c1-42(37(46)30-10-7-11-31(26-30)40-36(45)18-21-39-27-28-14-16-32(44)17-15-28)24-25-43-22-19-33(20-23-43)48-38(47)41-35-13-6-5-12-34(35)29-8-3-2-4-9-29/h2-17,26,33,39,44H,18-25,27H2,1H3,(H,40,45)(H,41,47). The molecular formula is C38H43N5O5. The molecule has 3 amide bonds. The number of aromatic hydroxyl groups is 1. The molecular weight excluding hydrogens is 606 g/mol. The zero-order valence-electron chi connectivity index (χ0n) is 27.2. The molecule has 0 radical (unpaired) electrons. The van der Waals surface area contributed by atoms with E-state index in [2.05, 4.69) is 20.9 Å². The second-order valence-electron chi connectivity index (χ2n) is 11.9. The second kappa shape index (κ2) is 17.1. The predicted molar refractivity (Wildman–Crippen MR) is 188 cm³/mol. The maximum absolute atomic E-state index is 13.2. The van der Waals surface area contributed by atoms with Crippen LogP contribution in [0.15, 0.2) is 103 Å². The Labute approximate surface area is 281 Å². The summed E-state index contributed by atoms with van der Waals surface area (Å²) in [6.45, 7) is 3.88. The summed E-state index contributed by atoms with van der Waals surface area (Å²) in [5.41, 5.74) is 4.77. The van der Waals surface area contributed by atoms with Gasteiger partial charge in [-0.1, -0.05) is 66.7 Å². The number of amides is 3. The van der Waals surface area contributed by atoms with Crippen LogP contribution in [-0.4, -0.2) is 78.7 Å². The van der Waals surface area contributed by atoms with E-state index in [9.17, 15) is 19.5 Å². The van der Waals surface area contributed by atoms with Crippen LogP contribution in [0.3, 0.4) is 0 Å². The van der Waals surface area contributed by atoms with E-state index in [1.54, 1.807) is 48.3 Å².